The molecule has 0 aromatic heterocycles. The summed E-state index contributed by atoms with van der Waals surface area (Å²) in [5, 5.41) is 5.22. The van der Waals surface area contributed by atoms with E-state index in [1.807, 2.05) is 41.3 Å². The summed E-state index contributed by atoms with van der Waals surface area (Å²) >= 11 is 12.0. The van der Waals surface area contributed by atoms with E-state index >= 15 is 0 Å². The van der Waals surface area contributed by atoms with Crippen LogP contribution in [0.3, 0.4) is 0 Å². The van der Waals surface area contributed by atoms with Crippen molar-refractivity contribution in [3.05, 3.63) is 80.1 Å². The molecule has 49 heavy (non-hydrogen) atoms. The minimum absolute atomic E-state index is 0. The molecule has 7 rings (SSSR count). The van der Waals surface area contributed by atoms with E-state index in [2.05, 4.69) is 27.1 Å². The Morgan fingerprint density at radius 2 is 1.43 bits per heavy atom. The summed E-state index contributed by atoms with van der Waals surface area (Å²) in [5.41, 5.74) is 16.9. The van der Waals surface area contributed by atoms with Crippen LogP contribution in [0.4, 0.5) is 0 Å². The van der Waals surface area contributed by atoms with Gasteiger partial charge in [-0.25, -0.2) is 0 Å². The van der Waals surface area contributed by atoms with E-state index in [-0.39, 0.29) is 24.7 Å². The molecule has 3 heterocycles. The van der Waals surface area contributed by atoms with E-state index in [1.54, 1.807) is 0 Å². The second-order valence-corrected chi connectivity index (χ2v) is 15.4. The van der Waals surface area contributed by atoms with Gasteiger partial charge in [0, 0.05) is 66.3 Å². The maximum atomic E-state index is 13.2. The molecular weight excluding hydrogens is 655 g/mol. The van der Waals surface area contributed by atoms with Crippen LogP contribution < -0.4 is 5.73 Å². The molecule has 3 saturated heterocycles. The molecule has 1 amide bonds. The molecule has 2 aliphatic carbocycles. The van der Waals surface area contributed by atoms with Gasteiger partial charge in [0.1, 0.15) is 0 Å². The Hall–Kier alpha value is -2.32. The zero-order valence-corrected chi connectivity index (χ0v) is 30.0. The molecule has 270 valence electrons. The van der Waals surface area contributed by atoms with Crippen LogP contribution in [-0.4, -0.2) is 74.7 Å². The maximum Gasteiger partial charge on any atom is 0.233 e. The number of nitrogens with zero attached hydrogens (tertiary/aromatic N) is 5. The van der Waals surface area contributed by atoms with E-state index in [0.29, 0.717) is 29.4 Å². The topological polar surface area (TPSA) is 108 Å². The van der Waals surface area contributed by atoms with Crippen molar-refractivity contribution in [1.29, 1.82) is 0 Å². The second-order valence-electron chi connectivity index (χ2n) is 14.6. The number of ether oxygens (including phenoxy) is 1. The first-order chi connectivity index (χ1) is 23.4. The van der Waals surface area contributed by atoms with Crippen LogP contribution in [-0.2, 0) is 20.4 Å². The van der Waals surface area contributed by atoms with Crippen molar-refractivity contribution < 1.29 is 9.53 Å². The smallest absolute Gasteiger partial charge is 0.233 e. The number of carbonyl (C=O) groups excluding carboxylic acids is 1. The molecule has 2 N–H and O–H groups in total. The number of piperidine rings is 2. The number of halogens is 2. The third kappa shape index (κ3) is 10.4. The lowest BCUT2D eigenvalue weighted by Gasteiger charge is -2.47. The lowest BCUT2D eigenvalue weighted by molar-refractivity contribution is -0.142. The highest BCUT2D eigenvalue weighted by atomic mass is 35.5. The summed E-state index contributed by atoms with van der Waals surface area (Å²) in [6.07, 6.45) is 14.1. The Labute approximate surface area is 304 Å². The first kappa shape index (κ1) is 39.5. The van der Waals surface area contributed by atoms with Crippen LogP contribution in [0.5, 0.6) is 0 Å². The predicted molar refractivity (Wildman–Crippen MR) is 202 cm³/mol. The van der Waals surface area contributed by atoms with Crippen molar-refractivity contribution in [2.45, 2.75) is 95.3 Å². The van der Waals surface area contributed by atoms with Crippen LogP contribution >= 0.6 is 23.2 Å². The average molecular weight is 714 g/mol. The predicted octanol–water partition coefficient (Wildman–Crippen LogP) is 9.18. The van der Waals surface area contributed by atoms with Gasteiger partial charge in [-0.1, -0.05) is 72.8 Å². The number of azide groups is 1. The number of likely N-dealkylation sites (tertiary alicyclic amines) is 2. The molecule has 8 nitrogen and oxygen atoms in total. The first-order valence-electron chi connectivity index (χ1n) is 18.2. The second kappa shape index (κ2) is 19.3. The molecule has 2 atom stereocenters. The van der Waals surface area contributed by atoms with Gasteiger partial charge < -0.3 is 20.3 Å². The average Bonchev–Trinajstić information content (AvgIpc) is 3.68. The molecule has 2 unspecified atom stereocenters. The van der Waals surface area contributed by atoms with Gasteiger partial charge in [-0.05, 0) is 130 Å². The Kier molecular flexibility index (Phi) is 15.6. The molecule has 0 radical (unpaired) electrons. The van der Waals surface area contributed by atoms with Gasteiger partial charge in [-0.3, -0.25) is 4.79 Å². The van der Waals surface area contributed by atoms with Gasteiger partial charge in [0.05, 0.1) is 5.41 Å². The summed E-state index contributed by atoms with van der Waals surface area (Å²) < 4.78 is 4.94. The summed E-state index contributed by atoms with van der Waals surface area (Å²) in [6.45, 7) is 8.45. The van der Waals surface area contributed by atoms with Crippen molar-refractivity contribution in [3.63, 3.8) is 0 Å². The number of carbonyl (C=O) groups is 1. The van der Waals surface area contributed by atoms with Crippen LogP contribution in [0.1, 0.15) is 95.6 Å². The van der Waals surface area contributed by atoms with Gasteiger partial charge >= 0.3 is 0 Å². The molecule has 5 fully saturated rings. The van der Waals surface area contributed by atoms with Crippen molar-refractivity contribution in [2.24, 2.45) is 22.7 Å². The number of rotatable bonds is 8. The molecule has 0 bridgehead atoms. The van der Waals surface area contributed by atoms with E-state index in [4.69, 9.17) is 39.2 Å². The Morgan fingerprint density at radius 3 is 1.94 bits per heavy atom. The summed E-state index contributed by atoms with van der Waals surface area (Å²) in [4.78, 5) is 20.7. The van der Waals surface area contributed by atoms with Gasteiger partial charge in [0.15, 0.2) is 0 Å². The van der Waals surface area contributed by atoms with E-state index < -0.39 is 0 Å². The first-order valence-corrected chi connectivity index (χ1v) is 19.0. The fourth-order valence-corrected chi connectivity index (χ4v) is 8.40. The van der Waals surface area contributed by atoms with Crippen molar-refractivity contribution in [2.75, 3.05) is 59.0 Å². The fourth-order valence-electron chi connectivity index (χ4n) is 8.15. The monoisotopic (exact) mass is 712 g/mol. The number of amides is 1. The molecule has 0 spiro atoms. The van der Waals surface area contributed by atoms with E-state index in [9.17, 15) is 4.79 Å². The summed E-state index contributed by atoms with van der Waals surface area (Å²) in [6, 6.07) is 16.2. The number of hydrogen-bond acceptors (Lipinski definition) is 5. The standard InChI is InChI=1S/C17H21ClN4O.C17H25ClN2.C4H8O.CH4/c18-15-6-4-14(5-7-15)17(8-2-9-17)16(23)22-10-1-3-13(12-22)11-20-21-19;18-16-6-4-15(5-7-16)17(8-2-9-17)13-20-10-1-3-14(11-19)12-20;1-2-4-5-3-1;/h4-7,13H,1-3,8-12H2;4-7,14H,1-3,8-13,19H2;1-4H2;1H4. The van der Waals surface area contributed by atoms with Gasteiger partial charge in [-0.2, -0.15) is 0 Å². The van der Waals surface area contributed by atoms with Gasteiger partial charge in [0.2, 0.25) is 5.91 Å². The highest BCUT2D eigenvalue weighted by Crippen LogP contribution is 2.46. The highest BCUT2D eigenvalue weighted by Gasteiger charge is 2.48. The zero-order valence-electron chi connectivity index (χ0n) is 28.5. The Balaban J connectivity index is 0.000000191. The molecule has 2 aromatic carbocycles. The molecule has 10 heteroatoms. The minimum atomic E-state index is -0.370. The van der Waals surface area contributed by atoms with Gasteiger partial charge in [0.25, 0.3) is 0 Å². The molecule has 5 aliphatic rings. The molecular formula is C39H58Cl2N6O2. The lowest BCUT2D eigenvalue weighted by Crippen LogP contribution is -2.53. The molecule has 2 aromatic rings. The lowest BCUT2D eigenvalue weighted by atomic mass is 9.63. The van der Waals surface area contributed by atoms with Crippen LogP contribution in [0.15, 0.2) is 53.6 Å². The number of benzene rings is 2. The number of hydrogen-bond donors (Lipinski definition) is 1. The van der Waals surface area contributed by atoms with E-state index in [0.717, 1.165) is 69.0 Å². The third-order valence-corrected chi connectivity index (χ3v) is 11.8. The van der Waals surface area contributed by atoms with Crippen LogP contribution in [0.25, 0.3) is 10.4 Å². The fraction of sp³-hybridized carbons (Fsp3) is 0.667. The summed E-state index contributed by atoms with van der Waals surface area (Å²) in [7, 11) is 0. The maximum absolute atomic E-state index is 13.2. The van der Waals surface area contributed by atoms with Crippen LogP contribution in [0, 0.1) is 11.8 Å². The zero-order chi connectivity index (χ0) is 33.8. The van der Waals surface area contributed by atoms with Crippen molar-refractivity contribution >= 4 is 29.1 Å². The highest BCUT2D eigenvalue weighted by molar-refractivity contribution is 6.30. The van der Waals surface area contributed by atoms with E-state index in [1.165, 1.54) is 70.1 Å². The molecule has 3 aliphatic heterocycles. The SMILES string of the molecule is C.C1CCOC1.NCC1CCCN(CC2(c3ccc(Cl)cc3)CCC2)C1.[N-]=[N+]=NCC1CCCN(C(=O)C2(c3ccc(Cl)cc3)CCC2)C1. The normalized spacial score (nSPS) is 23.9. The minimum Gasteiger partial charge on any atom is -0.381 e. The number of nitrogens with two attached hydrogens (primary N) is 1. The third-order valence-electron chi connectivity index (χ3n) is 11.3. The molecule has 2 saturated carbocycles. The van der Waals surface area contributed by atoms with Crippen molar-refractivity contribution in [1.82, 2.24) is 9.80 Å². The Morgan fingerprint density at radius 1 is 0.837 bits per heavy atom. The largest absolute Gasteiger partial charge is 0.381 e. The van der Waals surface area contributed by atoms with Gasteiger partial charge in [-0.15, -0.1) is 0 Å². The summed E-state index contributed by atoms with van der Waals surface area (Å²) in [5.74, 6) is 1.22. The van der Waals surface area contributed by atoms with Crippen LogP contribution in [0.2, 0.25) is 10.0 Å². The van der Waals surface area contributed by atoms with Crippen molar-refractivity contribution in [3.8, 4) is 0 Å². The quantitative estimate of drug-likeness (QED) is 0.167. The Bertz CT molecular complexity index is 1330.